The van der Waals surface area contributed by atoms with Crippen molar-refractivity contribution in [3.05, 3.63) is 29.8 Å². The maximum Gasteiger partial charge on any atom is 0.387 e. The van der Waals surface area contributed by atoms with E-state index in [0.29, 0.717) is 6.04 Å². The molecule has 90 valence electrons. The van der Waals surface area contributed by atoms with Crippen LogP contribution in [0.5, 0.6) is 5.75 Å². The van der Waals surface area contributed by atoms with Gasteiger partial charge in [0.1, 0.15) is 11.8 Å². The molecule has 1 atom stereocenters. The van der Waals surface area contributed by atoms with Crippen molar-refractivity contribution in [3.63, 3.8) is 0 Å². The van der Waals surface area contributed by atoms with Gasteiger partial charge in [-0.25, -0.2) is 0 Å². The van der Waals surface area contributed by atoms with E-state index < -0.39 is 6.61 Å². The van der Waals surface area contributed by atoms with Gasteiger partial charge in [-0.3, -0.25) is 5.32 Å². The summed E-state index contributed by atoms with van der Waals surface area (Å²) in [5.41, 5.74) is 0.765. The van der Waals surface area contributed by atoms with Crippen molar-refractivity contribution < 1.29 is 13.5 Å². The molecule has 17 heavy (non-hydrogen) atoms. The third-order valence-electron chi connectivity index (χ3n) is 2.55. The highest BCUT2D eigenvalue weighted by Crippen LogP contribution is 2.25. The van der Waals surface area contributed by atoms with Crippen LogP contribution < -0.4 is 10.1 Å². The number of nitriles is 1. The zero-order chi connectivity index (χ0) is 12.3. The minimum absolute atomic E-state index is 0.104. The van der Waals surface area contributed by atoms with E-state index in [1.165, 1.54) is 12.1 Å². The number of benzene rings is 1. The predicted molar refractivity (Wildman–Crippen MR) is 57.6 cm³/mol. The quantitative estimate of drug-likeness (QED) is 0.857. The smallest absolute Gasteiger partial charge is 0.387 e. The van der Waals surface area contributed by atoms with Crippen LogP contribution >= 0.6 is 0 Å². The summed E-state index contributed by atoms with van der Waals surface area (Å²) in [6, 6.07) is 8.32. The summed E-state index contributed by atoms with van der Waals surface area (Å²) < 4.78 is 28.1. The fourth-order valence-corrected chi connectivity index (χ4v) is 1.54. The Hall–Kier alpha value is -1.67. The molecule has 3 nitrogen and oxygen atoms in total. The summed E-state index contributed by atoms with van der Waals surface area (Å²) in [7, 11) is 0. The monoisotopic (exact) mass is 238 g/mol. The van der Waals surface area contributed by atoms with E-state index in [0.717, 1.165) is 18.4 Å². The molecule has 1 fully saturated rings. The van der Waals surface area contributed by atoms with Crippen LogP contribution in [0.1, 0.15) is 24.4 Å². The number of nitrogens with one attached hydrogen (secondary N) is 1. The molecule has 1 aromatic carbocycles. The third kappa shape index (κ3) is 3.40. The third-order valence-corrected chi connectivity index (χ3v) is 2.55. The van der Waals surface area contributed by atoms with Gasteiger partial charge in [-0.2, -0.15) is 14.0 Å². The Morgan fingerprint density at radius 2 is 1.94 bits per heavy atom. The van der Waals surface area contributed by atoms with Crippen molar-refractivity contribution in [1.29, 1.82) is 5.26 Å². The SMILES string of the molecule is N#CC(NC1CC1)c1ccc(OC(F)F)cc1. The highest BCUT2D eigenvalue weighted by molar-refractivity contribution is 5.31. The van der Waals surface area contributed by atoms with E-state index in [-0.39, 0.29) is 11.8 Å². The Balaban J connectivity index is 2.02. The first-order valence-corrected chi connectivity index (χ1v) is 5.39. The molecule has 2 rings (SSSR count). The first-order valence-electron chi connectivity index (χ1n) is 5.39. The molecule has 0 amide bonds. The molecule has 1 aliphatic rings. The molecule has 5 heteroatoms. The predicted octanol–water partition coefficient (Wildman–Crippen LogP) is 2.60. The average molecular weight is 238 g/mol. The Morgan fingerprint density at radius 3 is 2.41 bits per heavy atom. The van der Waals surface area contributed by atoms with Crippen molar-refractivity contribution in [2.45, 2.75) is 31.5 Å². The zero-order valence-electron chi connectivity index (χ0n) is 9.07. The molecule has 1 unspecified atom stereocenters. The minimum atomic E-state index is -2.82. The number of rotatable bonds is 5. The van der Waals surface area contributed by atoms with Crippen LogP contribution in [0.15, 0.2) is 24.3 Å². The molecule has 1 saturated carbocycles. The number of halogens is 2. The van der Waals surface area contributed by atoms with Crippen molar-refractivity contribution in [2.24, 2.45) is 0 Å². The number of alkyl halides is 2. The van der Waals surface area contributed by atoms with Gasteiger partial charge in [0.25, 0.3) is 0 Å². The van der Waals surface area contributed by atoms with E-state index in [9.17, 15) is 8.78 Å². The van der Waals surface area contributed by atoms with E-state index in [2.05, 4.69) is 16.1 Å². The fraction of sp³-hybridized carbons (Fsp3) is 0.417. The second kappa shape index (κ2) is 5.11. The van der Waals surface area contributed by atoms with Crippen LogP contribution in [-0.2, 0) is 0 Å². The molecule has 1 aromatic rings. The Kier molecular flexibility index (Phi) is 3.55. The lowest BCUT2D eigenvalue weighted by molar-refractivity contribution is -0.0498. The van der Waals surface area contributed by atoms with Crippen LogP contribution in [0.2, 0.25) is 0 Å². The van der Waals surface area contributed by atoms with Gasteiger partial charge in [-0.15, -0.1) is 0 Å². The van der Waals surface area contributed by atoms with Crippen LogP contribution in [0.4, 0.5) is 8.78 Å². The van der Waals surface area contributed by atoms with Gasteiger partial charge in [0.15, 0.2) is 0 Å². The average Bonchev–Trinajstić information content (AvgIpc) is 3.10. The van der Waals surface area contributed by atoms with Crippen LogP contribution in [0.3, 0.4) is 0 Å². The van der Waals surface area contributed by atoms with Gasteiger partial charge in [0.2, 0.25) is 0 Å². The molecule has 0 spiro atoms. The van der Waals surface area contributed by atoms with Gasteiger partial charge in [0, 0.05) is 6.04 Å². The molecule has 0 radical (unpaired) electrons. The van der Waals surface area contributed by atoms with Crippen molar-refractivity contribution in [2.75, 3.05) is 0 Å². The minimum Gasteiger partial charge on any atom is -0.435 e. The molecule has 0 aromatic heterocycles. The second-order valence-corrected chi connectivity index (χ2v) is 3.95. The lowest BCUT2D eigenvalue weighted by Crippen LogP contribution is -2.21. The maximum atomic E-state index is 11.9. The molecule has 0 bridgehead atoms. The van der Waals surface area contributed by atoms with E-state index in [1.54, 1.807) is 12.1 Å². The summed E-state index contributed by atoms with van der Waals surface area (Å²) in [5.74, 6) is 0.104. The van der Waals surface area contributed by atoms with Crippen LogP contribution in [-0.4, -0.2) is 12.7 Å². The number of nitrogens with zero attached hydrogens (tertiary/aromatic N) is 1. The van der Waals surface area contributed by atoms with Gasteiger partial charge in [-0.05, 0) is 30.5 Å². The van der Waals surface area contributed by atoms with E-state index in [4.69, 9.17) is 5.26 Å². The molecular weight excluding hydrogens is 226 g/mol. The van der Waals surface area contributed by atoms with Crippen molar-refractivity contribution in [3.8, 4) is 11.8 Å². The first-order chi connectivity index (χ1) is 8.19. The first kappa shape index (κ1) is 11.8. The van der Waals surface area contributed by atoms with Gasteiger partial charge >= 0.3 is 6.61 Å². The molecule has 0 saturated heterocycles. The van der Waals surface area contributed by atoms with Gasteiger partial charge < -0.3 is 4.74 Å². The molecule has 1 aliphatic carbocycles. The lowest BCUT2D eigenvalue weighted by Gasteiger charge is -2.11. The maximum absolute atomic E-state index is 11.9. The largest absolute Gasteiger partial charge is 0.435 e. The Bertz CT molecular complexity index is 410. The zero-order valence-corrected chi connectivity index (χ0v) is 9.07. The standard InChI is InChI=1S/C12H12F2N2O/c13-12(14)17-10-5-1-8(2-6-10)11(7-15)16-9-3-4-9/h1-2,5-6,9,11-12,16H,3-4H2. The van der Waals surface area contributed by atoms with Gasteiger partial charge in [-0.1, -0.05) is 12.1 Å². The fourth-order valence-electron chi connectivity index (χ4n) is 1.54. The topological polar surface area (TPSA) is 45.0 Å². The van der Waals surface area contributed by atoms with Crippen LogP contribution in [0, 0.1) is 11.3 Å². The summed E-state index contributed by atoms with van der Waals surface area (Å²) in [6.07, 6.45) is 2.18. The van der Waals surface area contributed by atoms with E-state index >= 15 is 0 Å². The normalized spacial score (nSPS) is 16.6. The summed E-state index contributed by atoms with van der Waals surface area (Å²) in [4.78, 5) is 0. The van der Waals surface area contributed by atoms with Crippen molar-refractivity contribution >= 4 is 0 Å². The summed E-state index contributed by atoms with van der Waals surface area (Å²) in [6.45, 7) is -2.82. The lowest BCUT2D eigenvalue weighted by atomic mass is 10.1. The molecular formula is C12H12F2N2O. The number of hydrogen-bond donors (Lipinski definition) is 1. The van der Waals surface area contributed by atoms with Crippen molar-refractivity contribution in [1.82, 2.24) is 5.32 Å². The summed E-state index contributed by atoms with van der Waals surface area (Å²) >= 11 is 0. The highest BCUT2D eigenvalue weighted by Gasteiger charge is 2.25. The molecule has 1 N–H and O–H groups in total. The Labute approximate surface area is 98.0 Å². The Morgan fingerprint density at radius 1 is 1.29 bits per heavy atom. The molecule has 0 heterocycles. The molecule has 0 aliphatic heterocycles. The number of ether oxygens (including phenoxy) is 1. The van der Waals surface area contributed by atoms with Crippen LogP contribution in [0.25, 0.3) is 0 Å². The van der Waals surface area contributed by atoms with E-state index in [1.807, 2.05) is 0 Å². The summed E-state index contributed by atoms with van der Waals surface area (Å²) in [5, 5.41) is 12.2. The highest BCUT2D eigenvalue weighted by atomic mass is 19.3. The van der Waals surface area contributed by atoms with Gasteiger partial charge in [0.05, 0.1) is 6.07 Å². The second-order valence-electron chi connectivity index (χ2n) is 3.95. The number of hydrogen-bond acceptors (Lipinski definition) is 3.